The van der Waals surface area contributed by atoms with E-state index in [2.05, 4.69) is 11.5 Å². The van der Waals surface area contributed by atoms with Crippen molar-refractivity contribution in [3.63, 3.8) is 0 Å². The molecule has 0 radical (unpaired) electrons. The van der Waals surface area contributed by atoms with Gasteiger partial charge in [-0.1, -0.05) is 38.6 Å². The van der Waals surface area contributed by atoms with Gasteiger partial charge in [0.25, 0.3) is 11.7 Å². The third kappa shape index (κ3) is 5.20. The number of carbonyl (C=O) groups excluding carboxylic acids is 2. The Morgan fingerprint density at radius 2 is 1.85 bits per heavy atom. The van der Waals surface area contributed by atoms with Crippen LogP contribution in [0.4, 0.5) is 4.39 Å². The highest BCUT2D eigenvalue weighted by molar-refractivity contribution is 6.46. The van der Waals surface area contributed by atoms with Crippen molar-refractivity contribution in [1.29, 1.82) is 0 Å². The molecule has 0 aliphatic carbocycles. The van der Waals surface area contributed by atoms with Crippen LogP contribution >= 0.6 is 0 Å². The van der Waals surface area contributed by atoms with Crippen LogP contribution in [0.2, 0.25) is 0 Å². The lowest BCUT2D eigenvalue weighted by Gasteiger charge is -2.28. The summed E-state index contributed by atoms with van der Waals surface area (Å²) in [5, 5.41) is 11.3. The van der Waals surface area contributed by atoms with Crippen molar-refractivity contribution in [3.05, 3.63) is 83.2 Å². The lowest BCUT2D eigenvalue weighted by atomic mass is 9.94. The number of ether oxygens (including phenoxy) is 1. The first kappa shape index (κ1) is 25.2. The van der Waals surface area contributed by atoms with Gasteiger partial charge in [-0.3, -0.25) is 9.59 Å². The van der Waals surface area contributed by atoms with Crippen LogP contribution in [0.25, 0.3) is 5.76 Å². The Kier molecular flexibility index (Phi) is 8.23. The number of rotatable bonds is 10. The number of nitrogens with zero attached hydrogens (tertiary/aromatic N) is 2. The van der Waals surface area contributed by atoms with Gasteiger partial charge in [0.05, 0.1) is 11.6 Å². The van der Waals surface area contributed by atoms with Crippen molar-refractivity contribution >= 4 is 17.4 Å². The van der Waals surface area contributed by atoms with Crippen molar-refractivity contribution in [3.8, 4) is 5.75 Å². The molecule has 180 valence electrons. The molecule has 1 aliphatic heterocycles. The summed E-state index contributed by atoms with van der Waals surface area (Å²) in [7, 11) is 0. The van der Waals surface area contributed by atoms with E-state index in [0.717, 1.165) is 13.1 Å². The molecule has 1 amide bonds. The van der Waals surface area contributed by atoms with Gasteiger partial charge < -0.3 is 19.6 Å². The second-order valence-electron chi connectivity index (χ2n) is 8.15. The molecule has 6 nitrogen and oxygen atoms in total. The van der Waals surface area contributed by atoms with Crippen LogP contribution in [0.3, 0.4) is 0 Å². The summed E-state index contributed by atoms with van der Waals surface area (Å²) in [5.41, 5.74) is 1.68. The van der Waals surface area contributed by atoms with Crippen molar-refractivity contribution in [2.75, 3.05) is 32.8 Å². The molecule has 3 rings (SSSR count). The van der Waals surface area contributed by atoms with Crippen molar-refractivity contribution in [2.24, 2.45) is 0 Å². The van der Waals surface area contributed by atoms with Crippen molar-refractivity contribution in [1.82, 2.24) is 9.80 Å². The first-order chi connectivity index (χ1) is 16.3. The Bertz CT molecular complexity index is 1090. The van der Waals surface area contributed by atoms with Gasteiger partial charge in [-0.05, 0) is 61.5 Å². The Morgan fingerprint density at radius 3 is 2.44 bits per heavy atom. The average molecular weight is 467 g/mol. The molecule has 1 N–H and O–H groups in total. The number of ketones is 1. The minimum absolute atomic E-state index is 0.000912. The number of halogens is 1. The van der Waals surface area contributed by atoms with E-state index in [1.165, 1.54) is 17.0 Å². The number of likely N-dealkylation sites (N-methyl/N-ethyl adjacent to an activating group) is 1. The molecule has 1 saturated heterocycles. The Morgan fingerprint density at radius 1 is 1.18 bits per heavy atom. The van der Waals surface area contributed by atoms with Crippen molar-refractivity contribution < 1.29 is 23.8 Å². The first-order valence-electron chi connectivity index (χ1n) is 11.4. The number of amides is 1. The fourth-order valence-electron chi connectivity index (χ4n) is 4.18. The predicted octanol–water partition coefficient (Wildman–Crippen LogP) is 4.46. The summed E-state index contributed by atoms with van der Waals surface area (Å²) >= 11 is 0. The zero-order valence-corrected chi connectivity index (χ0v) is 19.9. The lowest BCUT2D eigenvalue weighted by molar-refractivity contribution is -0.140. The maximum absolute atomic E-state index is 13.6. The molecule has 1 aliphatic rings. The molecular weight excluding hydrogens is 435 g/mol. The molecule has 2 aromatic rings. The maximum atomic E-state index is 13.6. The van der Waals surface area contributed by atoms with Crippen LogP contribution in [0.5, 0.6) is 5.75 Å². The van der Waals surface area contributed by atoms with Gasteiger partial charge in [-0.25, -0.2) is 4.39 Å². The topological polar surface area (TPSA) is 70.1 Å². The van der Waals surface area contributed by atoms with Crippen LogP contribution in [0, 0.1) is 12.7 Å². The molecule has 0 aromatic heterocycles. The SMILES string of the molecule is C=CCOc1ccc(/C(O)=C2\C(=O)C(=O)N(CCN(CC)CC)C2c2ccc(F)cc2)c(C)c1. The van der Waals surface area contributed by atoms with E-state index in [0.29, 0.717) is 42.1 Å². The minimum atomic E-state index is -0.813. The highest BCUT2D eigenvalue weighted by Gasteiger charge is 2.46. The molecule has 1 heterocycles. The number of hydrogen-bond donors (Lipinski definition) is 1. The van der Waals surface area contributed by atoms with E-state index >= 15 is 0 Å². The largest absolute Gasteiger partial charge is 0.507 e. The van der Waals surface area contributed by atoms with Crippen LogP contribution in [-0.4, -0.2) is 59.4 Å². The Balaban J connectivity index is 2.08. The van der Waals surface area contributed by atoms with E-state index in [4.69, 9.17) is 4.74 Å². The fraction of sp³-hybridized carbons (Fsp3) is 0.333. The Labute approximate surface area is 199 Å². The molecule has 34 heavy (non-hydrogen) atoms. The molecule has 0 bridgehead atoms. The standard InChI is InChI=1S/C27H31FN2O4/c1-5-16-34-21-12-13-22(18(4)17-21)25(31)23-24(19-8-10-20(28)11-9-19)30(27(33)26(23)32)15-14-29(6-2)7-3/h5,8-13,17,24,31H,1,6-7,14-16H2,2-4H3/b25-23+. The van der Waals surface area contributed by atoms with Gasteiger partial charge in [0.15, 0.2) is 0 Å². The monoisotopic (exact) mass is 466 g/mol. The second kappa shape index (κ2) is 11.1. The van der Waals surface area contributed by atoms with E-state index in [1.807, 2.05) is 13.8 Å². The highest BCUT2D eigenvalue weighted by atomic mass is 19.1. The highest BCUT2D eigenvalue weighted by Crippen LogP contribution is 2.40. The Hall–Kier alpha value is -3.45. The minimum Gasteiger partial charge on any atom is -0.507 e. The quantitative estimate of drug-likeness (QED) is 0.242. The van der Waals surface area contributed by atoms with E-state index < -0.39 is 23.5 Å². The molecule has 7 heteroatoms. The molecule has 0 spiro atoms. The summed E-state index contributed by atoms with van der Waals surface area (Å²) in [5.74, 6) is -1.51. The van der Waals surface area contributed by atoms with Gasteiger partial charge in [0, 0.05) is 18.7 Å². The molecule has 0 saturated carbocycles. The van der Waals surface area contributed by atoms with Gasteiger partial charge in [0.1, 0.15) is 23.9 Å². The molecule has 1 unspecified atom stereocenters. The number of likely N-dealkylation sites (tertiary alicyclic amines) is 1. The van der Waals surface area contributed by atoms with E-state index in [9.17, 15) is 19.1 Å². The van der Waals surface area contributed by atoms with Gasteiger partial charge in [-0.2, -0.15) is 0 Å². The smallest absolute Gasteiger partial charge is 0.295 e. The zero-order valence-electron chi connectivity index (χ0n) is 19.9. The van der Waals surface area contributed by atoms with Crippen molar-refractivity contribution in [2.45, 2.75) is 26.8 Å². The number of aryl methyl sites for hydroxylation is 1. The number of hydrogen-bond acceptors (Lipinski definition) is 5. The summed E-state index contributed by atoms with van der Waals surface area (Å²) in [4.78, 5) is 29.8. The van der Waals surface area contributed by atoms with E-state index in [-0.39, 0.29) is 11.3 Å². The lowest BCUT2D eigenvalue weighted by Crippen LogP contribution is -2.38. The van der Waals surface area contributed by atoms with Gasteiger partial charge in [-0.15, -0.1) is 0 Å². The third-order valence-corrected chi connectivity index (χ3v) is 6.10. The molecule has 1 atom stereocenters. The second-order valence-corrected chi connectivity index (χ2v) is 8.15. The summed E-state index contributed by atoms with van der Waals surface area (Å²) < 4.78 is 19.2. The summed E-state index contributed by atoms with van der Waals surface area (Å²) in [6.45, 7) is 12.3. The third-order valence-electron chi connectivity index (χ3n) is 6.10. The maximum Gasteiger partial charge on any atom is 0.295 e. The normalized spacial score (nSPS) is 17.4. The van der Waals surface area contributed by atoms with Crippen LogP contribution in [-0.2, 0) is 9.59 Å². The van der Waals surface area contributed by atoms with Gasteiger partial charge in [0.2, 0.25) is 0 Å². The van der Waals surface area contributed by atoms with Crippen LogP contribution < -0.4 is 4.74 Å². The molecular formula is C27H31FN2O4. The number of benzene rings is 2. The number of Topliss-reactive ketones (excluding diaryl/α,β-unsaturated/α-hetero) is 1. The number of aliphatic hydroxyl groups is 1. The first-order valence-corrected chi connectivity index (χ1v) is 11.4. The zero-order chi connectivity index (χ0) is 24.8. The van der Waals surface area contributed by atoms with Gasteiger partial charge >= 0.3 is 0 Å². The van der Waals surface area contributed by atoms with Crippen LogP contribution in [0.1, 0.15) is 36.6 Å². The fourth-order valence-corrected chi connectivity index (χ4v) is 4.18. The molecule has 2 aromatic carbocycles. The summed E-state index contributed by atoms with van der Waals surface area (Å²) in [6, 6.07) is 9.96. The van der Waals surface area contributed by atoms with E-state index in [1.54, 1.807) is 43.3 Å². The molecule has 1 fully saturated rings. The number of aliphatic hydroxyl groups excluding tert-OH is 1. The van der Waals surface area contributed by atoms with Crippen LogP contribution in [0.15, 0.2) is 60.7 Å². The summed E-state index contributed by atoms with van der Waals surface area (Å²) in [6.07, 6.45) is 1.63. The number of carbonyl (C=O) groups is 2. The average Bonchev–Trinajstić information content (AvgIpc) is 3.08. The predicted molar refractivity (Wildman–Crippen MR) is 130 cm³/mol.